The number of nitrogens with zero attached hydrogens (tertiary/aromatic N) is 2. The Morgan fingerprint density at radius 3 is 2.72 bits per heavy atom. The van der Waals surface area contributed by atoms with E-state index in [0.29, 0.717) is 24.4 Å². The zero-order chi connectivity index (χ0) is 25.9. The fraction of sp³-hybridized carbons (Fsp3) is 0.552. The van der Waals surface area contributed by atoms with Crippen LogP contribution in [0.4, 0.5) is 0 Å². The third kappa shape index (κ3) is 6.43. The van der Waals surface area contributed by atoms with E-state index in [-0.39, 0.29) is 23.0 Å². The molecule has 1 aromatic heterocycles. The van der Waals surface area contributed by atoms with Crippen LogP contribution < -0.4 is 15.4 Å². The highest BCUT2D eigenvalue weighted by atomic mass is 16.5. The largest absolute Gasteiger partial charge is 0.471 e. The lowest BCUT2D eigenvalue weighted by Gasteiger charge is -2.47. The number of amides is 1. The number of fused-ring (bicyclic) bond motifs is 1. The minimum absolute atomic E-state index is 0.0102. The predicted molar refractivity (Wildman–Crippen MR) is 138 cm³/mol. The Bertz CT molecular complexity index is 1130. The van der Waals surface area contributed by atoms with Crippen LogP contribution in [0.15, 0.2) is 36.5 Å². The van der Waals surface area contributed by atoms with Gasteiger partial charge in [0.1, 0.15) is 5.60 Å². The van der Waals surface area contributed by atoms with Gasteiger partial charge in [-0.1, -0.05) is 32.9 Å². The molecule has 7 nitrogen and oxygen atoms in total. The fourth-order valence-electron chi connectivity index (χ4n) is 5.32. The molecular formula is C29H38N4O3. The molecule has 36 heavy (non-hydrogen) atoms. The quantitative estimate of drug-likeness (QED) is 0.517. The number of aromatic nitrogens is 1. The molecule has 1 aromatic carbocycles. The summed E-state index contributed by atoms with van der Waals surface area (Å²) in [6, 6.07) is 11.1. The summed E-state index contributed by atoms with van der Waals surface area (Å²) in [6.07, 6.45) is 6.49. The van der Waals surface area contributed by atoms with Crippen LogP contribution >= 0.6 is 0 Å². The van der Waals surface area contributed by atoms with Gasteiger partial charge in [0.2, 0.25) is 11.8 Å². The average Bonchev–Trinajstić information content (AvgIpc) is 2.79. The van der Waals surface area contributed by atoms with Gasteiger partial charge in [-0.05, 0) is 66.8 Å². The number of carbonyl (C=O) groups is 1. The maximum atomic E-state index is 11.9. The molecule has 3 atom stereocenters. The first-order valence-electron chi connectivity index (χ1n) is 12.9. The standard InChI is InChI=1S/C29H38N4O3/c1-19(34)33-24(13-20-7-5-8-21(11-20)16-30)26(35)18-31-25-15-29(9-6-10-29)36-27-23(25)12-22(17-32-27)14-28(2,3)4/h5,7-8,11-12,17,24-26,31,35H,6,9-10,13-15,18H2,1-4H3,(H,33,34)/t24-,25-,26+/m0/s1. The highest BCUT2D eigenvalue weighted by Crippen LogP contribution is 2.48. The average molecular weight is 491 g/mol. The van der Waals surface area contributed by atoms with Crippen molar-refractivity contribution < 1.29 is 14.6 Å². The molecule has 3 N–H and O–H groups in total. The van der Waals surface area contributed by atoms with Crippen molar-refractivity contribution >= 4 is 5.91 Å². The summed E-state index contributed by atoms with van der Waals surface area (Å²) in [5.74, 6) is 0.494. The van der Waals surface area contributed by atoms with Crippen LogP contribution in [0.3, 0.4) is 0 Å². The first-order chi connectivity index (χ1) is 17.1. The summed E-state index contributed by atoms with van der Waals surface area (Å²) in [4.78, 5) is 16.6. The summed E-state index contributed by atoms with van der Waals surface area (Å²) in [5, 5.41) is 26.8. The molecular weight excluding hydrogens is 452 g/mol. The Kier molecular flexibility index (Phi) is 7.67. The zero-order valence-corrected chi connectivity index (χ0v) is 21.8. The Morgan fingerprint density at radius 1 is 1.31 bits per heavy atom. The molecule has 1 saturated carbocycles. The minimum Gasteiger partial charge on any atom is -0.471 e. The lowest BCUT2D eigenvalue weighted by Crippen LogP contribution is -2.52. The number of nitrogens with one attached hydrogen (secondary N) is 2. The van der Waals surface area contributed by atoms with E-state index in [1.165, 1.54) is 12.5 Å². The molecule has 0 bridgehead atoms. The lowest BCUT2D eigenvalue weighted by atomic mass is 9.73. The van der Waals surface area contributed by atoms with Crippen LogP contribution in [0.1, 0.15) is 81.7 Å². The van der Waals surface area contributed by atoms with E-state index >= 15 is 0 Å². The van der Waals surface area contributed by atoms with Crippen molar-refractivity contribution in [2.24, 2.45) is 5.41 Å². The van der Waals surface area contributed by atoms with Crippen LogP contribution in [0, 0.1) is 16.7 Å². The second-order valence-corrected chi connectivity index (χ2v) is 11.7. The highest BCUT2D eigenvalue weighted by Gasteiger charge is 2.46. The van der Waals surface area contributed by atoms with Crippen LogP contribution in [-0.2, 0) is 17.6 Å². The van der Waals surface area contributed by atoms with E-state index in [9.17, 15) is 15.2 Å². The number of benzene rings is 1. The predicted octanol–water partition coefficient (Wildman–Crippen LogP) is 3.99. The molecule has 1 aliphatic heterocycles. The number of aliphatic hydroxyl groups is 1. The monoisotopic (exact) mass is 490 g/mol. The summed E-state index contributed by atoms with van der Waals surface area (Å²) >= 11 is 0. The number of hydrogen-bond donors (Lipinski definition) is 3. The molecule has 7 heteroatoms. The van der Waals surface area contributed by atoms with Gasteiger partial charge in [0, 0.05) is 37.7 Å². The molecule has 0 unspecified atom stereocenters. The van der Waals surface area contributed by atoms with Crippen molar-refractivity contribution in [1.29, 1.82) is 5.26 Å². The third-order valence-corrected chi connectivity index (χ3v) is 7.14. The number of carbonyl (C=O) groups excluding carboxylic acids is 1. The summed E-state index contributed by atoms with van der Waals surface area (Å²) in [5.41, 5.74) is 3.64. The number of hydrogen-bond acceptors (Lipinski definition) is 6. The van der Waals surface area contributed by atoms with Gasteiger partial charge < -0.3 is 20.5 Å². The first-order valence-corrected chi connectivity index (χ1v) is 12.9. The molecule has 192 valence electrons. The van der Waals surface area contributed by atoms with E-state index in [1.54, 1.807) is 12.1 Å². The van der Waals surface area contributed by atoms with Gasteiger partial charge in [0.15, 0.2) is 0 Å². The Morgan fingerprint density at radius 2 is 2.08 bits per heavy atom. The van der Waals surface area contributed by atoms with E-state index in [4.69, 9.17) is 9.72 Å². The smallest absolute Gasteiger partial charge is 0.218 e. The van der Waals surface area contributed by atoms with Crippen LogP contribution in [0.25, 0.3) is 0 Å². The van der Waals surface area contributed by atoms with Gasteiger partial charge in [0.25, 0.3) is 0 Å². The van der Waals surface area contributed by atoms with Gasteiger partial charge >= 0.3 is 0 Å². The number of nitriles is 1. The summed E-state index contributed by atoms with van der Waals surface area (Å²) in [6.45, 7) is 8.41. The van der Waals surface area contributed by atoms with Gasteiger partial charge in [-0.25, -0.2) is 4.98 Å². The normalized spacial score (nSPS) is 19.8. The van der Waals surface area contributed by atoms with Gasteiger partial charge in [-0.15, -0.1) is 0 Å². The number of pyridine rings is 1. The van der Waals surface area contributed by atoms with Crippen LogP contribution in [-0.4, -0.2) is 40.3 Å². The molecule has 4 rings (SSSR count). The van der Waals surface area contributed by atoms with Crippen molar-refractivity contribution in [2.75, 3.05) is 6.54 Å². The molecule has 0 saturated heterocycles. The Labute approximate surface area is 214 Å². The number of rotatable bonds is 8. The van der Waals surface area contributed by atoms with E-state index in [1.807, 2.05) is 18.3 Å². The molecule has 2 heterocycles. The summed E-state index contributed by atoms with van der Waals surface area (Å²) in [7, 11) is 0. The second kappa shape index (κ2) is 10.6. The third-order valence-electron chi connectivity index (χ3n) is 7.14. The van der Waals surface area contributed by atoms with Crippen LogP contribution in [0.5, 0.6) is 5.88 Å². The van der Waals surface area contributed by atoms with Crippen molar-refractivity contribution in [2.45, 2.75) is 90.0 Å². The molecule has 1 spiro atoms. The second-order valence-electron chi connectivity index (χ2n) is 11.7. The van der Waals surface area contributed by atoms with Gasteiger partial charge in [-0.2, -0.15) is 5.26 Å². The molecule has 1 amide bonds. The highest BCUT2D eigenvalue weighted by molar-refractivity contribution is 5.73. The molecule has 1 fully saturated rings. The van der Waals surface area contributed by atoms with Crippen molar-refractivity contribution in [3.8, 4) is 11.9 Å². The fourth-order valence-corrected chi connectivity index (χ4v) is 5.32. The maximum Gasteiger partial charge on any atom is 0.218 e. The van der Waals surface area contributed by atoms with Gasteiger partial charge in [-0.3, -0.25) is 4.79 Å². The van der Waals surface area contributed by atoms with E-state index in [2.05, 4.69) is 43.5 Å². The number of ether oxygens (including phenoxy) is 1. The SMILES string of the molecule is CC(=O)N[C@@H](Cc1cccc(C#N)c1)[C@H](O)CN[C@H]1CC2(CCC2)Oc2ncc(CC(C)(C)C)cc21. The molecule has 2 aromatic rings. The number of aliphatic hydroxyl groups excluding tert-OH is 1. The zero-order valence-electron chi connectivity index (χ0n) is 21.8. The Hall–Kier alpha value is -2.95. The van der Waals surface area contributed by atoms with Crippen molar-refractivity contribution in [3.05, 3.63) is 58.8 Å². The van der Waals surface area contributed by atoms with Crippen LogP contribution in [0.2, 0.25) is 0 Å². The summed E-state index contributed by atoms with van der Waals surface area (Å²) < 4.78 is 6.38. The topological polar surface area (TPSA) is 107 Å². The van der Waals surface area contributed by atoms with Crippen molar-refractivity contribution in [3.63, 3.8) is 0 Å². The maximum absolute atomic E-state index is 11.9. The van der Waals surface area contributed by atoms with E-state index < -0.39 is 12.1 Å². The molecule has 2 aliphatic rings. The molecule has 0 radical (unpaired) electrons. The molecule has 1 aliphatic carbocycles. The minimum atomic E-state index is -0.811. The first kappa shape index (κ1) is 26.1. The van der Waals surface area contributed by atoms with Crippen molar-refractivity contribution in [1.82, 2.24) is 15.6 Å². The lowest BCUT2D eigenvalue weighted by molar-refractivity contribution is -0.120. The Balaban J connectivity index is 1.50. The van der Waals surface area contributed by atoms with Gasteiger partial charge in [0.05, 0.1) is 23.8 Å². The van der Waals surface area contributed by atoms with E-state index in [0.717, 1.165) is 43.2 Å².